The summed E-state index contributed by atoms with van der Waals surface area (Å²) in [5, 5.41) is 3.36. The molecule has 1 aliphatic rings. The second-order valence-corrected chi connectivity index (χ2v) is 8.24. The van der Waals surface area contributed by atoms with Crippen molar-refractivity contribution < 1.29 is 8.42 Å². The largest absolute Gasteiger partial charge is 0.309 e. The molecule has 2 heterocycles. The lowest BCUT2D eigenvalue weighted by molar-refractivity contribution is 0.283. The molecule has 1 saturated heterocycles. The smallest absolute Gasteiger partial charge is 0.151 e. The molecule has 0 atom stereocenters. The molecule has 0 saturated carbocycles. The van der Waals surface area contributed by atoms with Gasteiger partial charge in [-0.25, -0.2) is 8.42 Å². The third kappa shape index (κ3) is 5.73. The minimum absolute atomic E-state index is 0.265. The predicted molar refractivity (Wildman–Crippen MR) is 84.8 cm³/mol. The van der Waals surface area contributed by atoms with E-state index in [1.807, 2.05) is 18.2 Å². The monoisotopic (exact) mass is 311 g/mol. The van der Waals surface area contributed by atoms with Gasteiger partial charge in [0.1, 0.15) is 0 Å². The Morgan fingerprint density at radius 3 is 2.76 bits per heavy atom. The second-order valence-electron chi connectivity index (χ2n) is 5.94. The maximum absolute atomic E-state index is 11.6. The number of sulfone groups is 1. The summed E-state index contributed by atoms with van der Waals surface area (Å²) < 4.78 is 23.2. The third-order valence-electron chi connectivity index (χ3n) is 3.59. The summed E-state index contributed by atoms with van der Waals surface area (Å²) in [5.74, 6) is 0.580. The van der Waals surface area contributed by atoms with Crippen molar-refractivity contribution in [2.24, 2.45) is 0 Å². The quantitative estimate of drug-likeness (QED) is 0.885. The van der Waals surface area contributed by atoms with Gasteiger partial charge < -0.3 is 5.32 Å². The Hall–Kier alpha value is -0.980. The lowest BCUT2D eigenvalue weighted by atomic mass is 10.2. The molecular formula is C15H25N3O2S. The van der Waals surface area contributed by atoms with Crippen LogP contribution in [0.2, 0.25) is 0 Å². The summed E-state index contributed by atoms with van der Waals surface area (Å²) in [5.41, 5.74) is 2.04. The van der Waals surface area contributed by atoms with E-state index < -0.39 is 9.84 Å². The fourth-order valence-corrected chi connectivity index (χ4v) is 3.71. The fourth-order valence-electron chi connectivity index (χ4n) is 2.40. The van der Waals surface area contributed by atoms with Crippen molar-refractivity contribution in [3.05, 3.63) is 29.6 Å². The number of hydrogen-bond acceptors (Lipinski definition) is 5. The van der Waals surface area contributed by atoms with Gasteiger partial charge in [-0.2, -0.15) is 0 Å². The molecule has 2 rings (SSSR count). The highest BCUT2D eigenvalue weighted by molar-refractivity contribution is 7.91. The number of nitrogens with one attached hydrogen (secondary N) is 1. The molecule has 6 heteroatoms. The maximum Gasteiger partial charge on any atom is 0.151 e. The van der Waals surface area contributed by atoms with Crippen LogP contribution in [0.15, 0.2) is 18.2 Å². The Kier molecular flexibility index (Phi) is 5.72. The first kappa shape index (κ1) is 16.4. The first-order chi connectivity index (χ1) is 9.94. The van der Waals surface area contributed by atoms with Crippen LogP contribution in [-0.4, -0.2) is 48.9 Å². The van der Waals surface area contributed by atoms with E-state index in [4.69, 9.17) is 0 Å². The highest BCUT2D eigenvalue weighted by Gasteiger charge is 2.19. The summed E-state index contributed by atoms with van der Waals surface area (Å²) in [6, 6.07) is 6.49. The van der Waals surface area contributed by atoms with Crippen LogP contribution >= 0.6 is 0 Å². The average Bonchev–Trinajstić information content (AvgIpc) is 2.58. The first-order valence-corrected chi connectivity index (χ1v) is 9.38. The number of hydrogen-bond donors (Lipinski definition) is 1. The number of rotatable bonds is 5. The van der Waals surface area contributed by atoms with E-state index in [-0.39, 0.29) is 5.75 Å². The molecule has 0 aromatic carbocycles. The van der Waals surface area contributed by atoms with Gasteiger partial charge in [0, 0.05) is 25.7 Å². The summed E-state index contributed by atoms with van der Waals surface area (Å²) in [6.45, 7) is 7.15. The highest BCUT2D eigenvalue weighted by Crippen LogP contribution is 2.09. The Balaban J connectivity index is 1.94. The minimum Gasteiger partial charge on any atom is -0.309 e. The zero-order valence-corrected chi connectivity index (χ0v) is 13.7. The summed E-state index contributed by atoms with van der Waals surface area (Å²) in [7, 11) is -2.84. The van der Waals surface area contributed by atoms with E-state index >= 15 is 0 Å². The van der Waals surface area contributed by atoms with E-state index in [0.717, 1.165) is 37.4 Å². The summed E-state index contributed by atoms with van der Waals surface area (Å²) in [6.07, 6.45) is 0.719. The van der Waals surface area contributed by atoms with Crippen LogP contribution in [-0.2, 0) is 22.9 Å². The Morgan fingerprint density at radius 1 is 1.24 bits per heavy atom. The van der Waals surface area contributed by atoms with Gasteiger partial charge in [0.05, 0.1) is 22.9 Å². The van der Waals surface area contributed by atoms with Gasteiger partial charge in [-0.15, -0.1) is 0 Å². The van der Waals surface area contributed by atoms with Crippen molar-refractivity contribution >= 4 is 9.84 Å². The molecule has 1 aromatic rings. The molecule has 0 unspecified atom stereocenters. The standard InChI is InChI=1S/C15H25N3O2S/c1-13(2)16-11-14-5-3-6-15(17-14)12-18-7-4-9-21(19,20)10-8-18/h3,5-6,13,16H,4,7-12H2,1-2H3. The first-order valence-electron chi connectivity index (χ1n) is 7.55. The van der Waals surface area contributed by atoms with Crippen LogP contribution < -0.4 is 5.32 Å². The molecule has 0 aliphatic carbocycles. The Labute approximate surface area is 127 Å². The topological polar surface area (TPSA) is 62.3 Å². The van der Waals surface area contributed by atoms with Crippen LogP contribution in [0, 0.1) is 0 Å². The highest BCUT2D eigenvalue weighted by atomic mass is 32.2. The van der Waals surface area contributed by atoms with Crippen molar-refractivity contribution in [2.75, 3.05) is 24.6 Å². The number of nitrogens with zero attached hydrogens (tertiary/aromatic N) is 2. The van der Waals surface area contributed by atoms with Gasteiger partial charge in [0.15, 0.2) is 9.84 Å². The summed E-state index contributed by atoms with van der Waals surface area (Å²) >= 11 is 0. The molecule has 0 bridgehead atoms. The van der Waals surface area contributed by atoms with Crippen molar-refractivity contribution in [3.8, 4) is 0 Å². The molecule has 118 valence electrons. The van der Waals surface area contributed by atoms with Crippen LogP contribution in [0.1, 0.15) is 31.7 Å². The van der Waals surface area contributed by atoms with Gasteiger partial charge >= 0.3 is 0 Å². The normalized spacial score (nSPS) is 19.6. The van der Waals surface area contributed by atoms with E-state index in [9.17, 15) is 8.42 Å². The summed E-state index contributed by atoms with van der Waals surface area (Å²) in [4.78, 5) is 6.84. The van der Waals surface area contributed by atoms with E-state index in [1.54, 1.807) is 0 Å². The fraction of sp³-hybridized carbons (Fsp3) is 0.667. The van der Waals surface area contributed by atoms with E-state index in [1.165, 1.54) is 0 Å². The van der Waals surface area contributed by atoms with E-state index in [0.29, 0.717) is 18.3 Å². The van der Waals surface area contributed by atoms with Crippen molar-refractivity contribution in [1.82, 2.24) is 15.2 Å². The molecule has 0 spiro atoms. The molecular weight excluding hydrogens is 286 g/mol. The predicted octanol–water partition coefficient (Wildman–Crippen LogP) is 1.20. The SMILES string of the molecule is CC(C)NCc1cccc(CN2CCCS(=O)(=O)CC2)n1. The lowest BCUT2D eigenvalue weighted by Gasteiger charge is -2.19. The van der Waals surface area contributed by atoms with Crippen LogP contribution in [0.3, 0.4) is 0 Å². The van der Waals surface area contributed by atoms with Crippen molar-refractivity contribution in [3.63, 3.8) is 0 Å². The van der Waals surface area contributed by atoms with Crippen molar-refractivity contribution in [2.45, 2.75) is 39.4 Å². The molecule has 0 radical (unpaired) electrons. The molecule has 1 aliphatic heterocycles. The Bertz CT molecular complexity index is 558. The molecule has 21 heavy (non-hydrogen) atoms. The molecule has 1 aromatic heterocycles. The van der Waals surface area contributed by atoms with Gasteiger partial charge in [0.2, 0.25) is 0 Å². The van der Waals surface area contributed by atoms with Crippen LogP contribution in [0.25, 0.3) is 0 Å². The van der Waals surface area contributed by atoms with Gasteiger partial charge in [-0.3, -0.25) is 9.88 Å². The zero-order valence-electron chi connectivity index (χ0n) is 12.9. The maximum atomic E-state index is 11.6. The number of aromatic nitrogens is 1. The van der Waals surface area contributed by atoms with Gasteiger partial charge in [-0.05, 0) is 25.1 Å². The van der Waals surface area contributed by atoms with Crippen molar-refractivity contribution in [1.29, 1.82) is 0 Å². The van der Waals surface area contributed by atoms with E-state index in [2.05, 4.69) is 29.0 Å². The third-order valence-corrected chi connectivity index (χ3v) is 5.30. The van der Waals surface area contributed by atoms with Crippen LogP contribution in [0.4, 0.5) is 0 Å². The molecule has 1 fully saturated rings. The molecule has 0 amide bonds. The average molecular weight is 311 g/mol. The van der Waals surface area contributed by atoms with Gasteiger partial charge in [0.25, 0.3) is 0 Å². The Morgan fingerprint density at radius 2 is 2.00 bits per heavy atom. The molecule has 5 nitrogen and oxygen atoms in total. The minimum atomic E-state index is -2.84. The number of pyridine rings is 1. The van der Waals surface area contributed by atoms with Crippen LogP contribution in [0.5, 0.6) is 0 Å². The lowest BCUT2D eigenvalue weighted by Crippen LogP contribution is -2.27. The second kappa shape index (κ2) is 7.33. The van der Waals surface area contributed by atoms with Gasteiger partial charge in [-0.1, -0.05) is 19.9 Å². The zero-order chi connectivity index (χ0) is 15.3. The molecule has 1 N–H and O–H groups in total.